The molecule has 0 unspecified atom stereocenters. The van der Waals surface area contributed by atoms with E-state index in [1.807, 2.05) is 31.2 Å². The zero-order valence-corrected chi connectivity index (χ0v) is 16.2. The first-order valence-electron chi connectivity index (χ1n) is 9.18. The van der Waals surface area contributed by atoms with Crippen LogP contribution in [0, 0.1) is 0 Å². The van der Waals surface area contributed by atoms with Crippen molar-refractivity contribution in [1.29, 1.82) is 0 Å². The summed E-state index contributed by atoms with van der Waals surface area (Å²) in [5.74, 6) is 0.617. The van der Waals surface area contributed by atoms with Crippen LogP contribution in [0.25, 0.3) is 11.0 Å². The van der Waals surface area contributed by atoms with Gasteiger partial charge in [0.2, 0.25) is 0 Å². The van der Waals surface area contributed by atoms with Crippen molar-refractivity contribution in [1.82, 2.24) is 14.5 Å². The topological polar surface area (TPSA) is 84.4 Å². The first kappa shape index (κ1) is 19.4. The summed E-state index contributed by atoms with van der Waals surface area (Å²) in [5.41, 5.74) is 1.19. The van der Waals surface area contributed by atoms with E-state index in [9.17, 15) is 14.4 Å². The predicted molar refractivity (Wildman–Crippen MR) is 108 cm³/mol. The second-order valence-corrected chi connectivity index (χ2v) is 6.47. The zero-order chi connectivity index (χ0) is 20.3. The molecule has 0 saturated heterocycles. The minimum Gasteiger partial charge on any atom is -0.494 e. The van der Waals surface area contributed by atoms with Gasteiger partial charge in [-0.3, -0.25) is 14.4 Å². The summed E-state index contributed by atoms with van der Waals surface area (Å²) in [5, 5.41) is 0. The molecule has 0 fully saturated rings. The monoisotopic (exact) mass is 381 g/mol. The third kappa shape index (κ3) is 3.83. The van der Waals surface area contributed by atoms with Crippen molar-refractivity contribution >= 4 is 16.9 Å². The Morgan fingerprint density at radius 2 is 1.82 bits per heavy atom. The number of amides is 1. The highest BCUT2D eigenvalue weighted by atomic mass is 16.5. The van der Waals surface area contributed by atoms with E-state index in [2.05, 4.69) is 4.98 Å². The van der Waals surface area contributed by atoms with Crippen molar-refractivity contribution in [3.63, 3.8) is 0 Å². The molecular formula is C21H23N3O4. The largest absolute Gasteiger partial charge is 0.494 e. The maximum atomic E-state index is 12.8. The number of aromatic nitrogens is 2. The molecule has 3 aromatic rings. The Morgan fingerprint density at radius 3 is 2.46 bits per heavy atom. The van der Waals surface area contributed by atoms with Gasteiger partial charge in [0.15, 0.2) is 0 Å². The number of carbonyl (C=O) groups excluding carboxylic acids is 1. The molecule has 0 bridgehead atoms. The third-order valence-electron chi connectivity index (χ3n) is 4.54. The number of benzene rings is 2. The van der Waals surface area contributed by atoms with Gasteiger partial charge in [-0.25, -0.2) is 0 Å². The maximum Gasteiger partial charge on any atom is 0.316 e. The van der Waals surface area contributed by atoms with Crippen LogP contribution in [0.5, 0.6) is 5.75 Å². The average Bonchev–Trinajstić information content (AvgIpc) is 2.69. The Balaban J connectivity index is 1.85. The Labute approximate surface area is 162 Å². The van der Waals surface area contributed by atoms with Gasteiger partial charge in [-0.15, -0.1) is 0 Å². The van der Waals surface area contributed by atoms with Crippen LogP contribution in [0.2, 0.25) is 0 Å². The molecule has 0 aliphatic carbocycles. The molecule has 28 heavy (non-hydrogen) atoms. The fourth-order valence-corrected chi connectivity index (χ4v) is 3.15. The number of ether oxygens (including phenoxy) is 1. The van der Waals surface area contributed by atoms with Crippen LogP contribution in [0.1, 0.15) is 29.8 Å². The number of fused-ring (bicyclic) bond motifs is 1. The van der Waals surface area contributed by atoms with Gasteiger partial charge < -0.3 is 19.2 Å². The Bertz CT molecular complexity index is 1110. The lowest BCUT2D eigenvalue weighted by molar-refractivity contribution is 0.0785. The van der Waals surface area contributed by atoms with Gasteiger partial charge in [0.25, 0.3) is 5.91 Å². The normalized spacial score (nSPS) is 10.8. The highest BCUT2D eigenvalue weighted by Crippen LogP contribution is 2.16. The lowest BCUT2D eigenvalue weighted by atomic mass is 10.1. The number of nitrogens with one attached hydrogen (secondary N) is 1. The van der Waals surface area contributed by atoms with Crippen molar-refractivity contribution < 1.29 is 9.53 Å². The highest BCUT2D eigenvalue weighted by Gasteiger charge is 2.14. The molecule has 1 N–H and O–H groups in total. The summed E-state index contributed by atoms with van der Waals surface area (Å²) < 4.78 is 6.82. The molecule has 0 spiro atoms. The molecule has 7 heteroatoms. The average molecular weight is 381 g/mol. The minimum absolute atomic E-state index is 0.175. The molecule has 1 aromatic heterocycles. The summed E-state index contributed by atoms with van der Waals surface area (Å²) in [4.78, 5) is 40.8. The van der Waals surface area contributed by atoms with Crippen LogP contribution in [0.4, 0.5) is 0 Å². The fraction of sp³-hybridized carbons (Fsp3) is 0.286. The lowest BCUT2D eigenvalue weighted by Gasteiger charge is -2.18. The fourth-order valence-electron chi connectivity index (χ4n) is 3.15. The molecule has 2 aromatic carbocycles. The molecule has 146 valence electrons. The summed E-state index contributed by atoms with van der Waals surface area (Å²) >= 11 is 0. The molecule has 0 aliphatic heterocycles. The summed E-state index contributed by atoms with van der Waals surface area (Å²) in [6.45, 7) is 5.15. The van der Waals surface area contributed by atoms with Crippen molar-refractivity contribution in [3.8, 4) is 5.75 Å². The van der Waals surface area contributed by atoms with E-state index in [-0.39, 0.29) is 5.91 Å². The number of aromatic amines is 1. The smallest absolute Gasteiger partial charge is 0.316 e. The van der Waals surface area contributed by atoms with E-state index in [1.165, 1.54) is 4.57 Å². The standard InChI is InChI=1S/C21H23N3O4/c1-4-24-18-11-8-15(12-17(18)22-19(25)21(24)27)20(26)23(3)13-14-6-9-16(10-7-14)28-5-2/h6-12H,4-5,13H2,1-3H3,(H,22,25). The number of aryl methyl sites for hydroxylation is 1. The zero-order valence-electron chi connectivity index (χ0n) is 16.2. The van der Waals surface area contributed by atoms with Crippen molar-refractivity contribution in [2.75, 3.05) is 13.7 Å². The predicted octanol–water partition coefficient (Wildman–Crippen LogP) is 2.38. The van der Waals surface area contributed by atoms with E-state index >= 15 is 0 Å². The molecular weight excluding hydrogens is 358 g/mol. The number of hydrogen-bond acceptors (Lipinski definition) is 4. The van der Waals surface area contributed by atoms with Gasteiger partial charge in [0.05, 0.1) is 17.6 Å². The second-order valence-electron chi connectivity index (χ2n) is 6.47. The van der Waals surface area contributed by atoms with E-state index in [0.29, 0.717) is 36.3 Å². The van der Waals surface area contributed by atoms with Crippen LogP contribution < -0.4 is 15.9 Å². The molecule has 0 aliphatic rings. The molecule has 1 amide bonds. The number of H-pyrrole nitrogens is 1. The van der Waals surface area contributed by atoms with E-state index in [1.54, 1.807) is 37.1 Å². The first-order valence-corrected chi connectivity index (χ1v) is 9.18. The molecule has 0 saturated carbocycles. The third-order valence-corrected chi connectivity index (χ3v) is 4.54. The number of hydrogen-bond donors (Lipinski definition) is 1. The van der Waals surface area contributed by atoms with E-state index in [0.717, 1.165) is 11.3 Å². The van der Waals surface area contributed by atoms with Gasteiger partial charge >= 0.3 is 11.1 Å². The summed E-state index contributed by atoms with van der Waals surface area (Å²) in [6.07, 6.45) is 0. The quantitative estimate of drug-likeness (QED) is 0.665. The van der Waals surface area contributed by atoms with Crippen LogP contribution >= 0.6 is 0 Å². The van der Waals surface area contributed by atoms with Crippen LogP contribution in [-0.2, 0) is 13.1 Å². The van der Waals surface area contributed by atoms with Crippen molar-refractivity contribution in [2.45, 2.75) is 26.9 Å². The van der Waals surface area contributed by atoms with Gasteiger partial charge in [0, 0.05) is 25.7 Å². The number of carbonyl (C=O) groups is 1. The van der Waals surface area contributed by atoms with E-state index < -0.39 is 11.1 Å². The van der Waals surface area contributed by atoms with Crippen LogP contribution in [0.15, 0.2) is 52.1 Å². The van der Waals surface area contributed by atoms with Gasteiger partial charge in [-0.1, -0.05) is 12.1 Å². The second kappa shape index (κ2) is 8.12. The molecule has 1 heterocycles. The molecule has 3 rings (SSSR count). The number of rotatable bonds is 6. The molecule has 7 nitrogen and oxygen atoms in total. The summed E-state index contributed by atoms with van der Waals surface area (Å²) in [6, 6.07) is 12.6. The van der Waals surface area contributed by atoms with Gasteiger partial charge in [0.1, 0.15) is 5.75 Å². The Hall–Kier alpha value is -3.35. The van der Waals surface area contributed by atoms with Gasteiger partial charge in [-0.05, 0) is 49.7 Å². The summed E-state index contributed by atoms with van der Waals surface area (Å²) in [7, 11) is 1.72. The SMILES string of the molecule is CCOc1ccc(CN(C)C(=O)c2ccc3c(c2)[nH]c(=O)c(=O)n3CC)cc1. The van der Waals surface area contributed by atoms with Crippen LogP contribution in [-0.4, -0.2) is 34.0 Å². The van der Waals surface area contributed by atoms with Crippen LogP contribution in [0.3, 0.4) is 0 Å². The first-order chi connectivity index (χ1) is 13.4. The van der Waals surface area contributed by atoms with Crippen molar-refractivity contribution in [2.24, 2.45) is 0 Å². The maximum absolute atomic E-state index is 12.8. The Morgan fingerprint density at radius 1 is 1.11 bits per heavy atom. The van der Waals surface area contributed by atoms with E-state index in [4.69, 9.17) is 4.74 Å². The Kier molecular flexibility index (Phi) is 5.63. The minimum atomic E-state index is -0.693. The lowest BCUT2D eigenvalue weighted by Crippen LogP contribution is -2.36. The van der Waals surface area contributed by atoms with Gasteiger partial charge in [-0.2, -0.15) is 0 Å². The molecule has 0 radical (unpaired) electrons. The van der Waals surface area contributed by atoms with Crippen molar-refractivity contribution in [3.05, 3.63) is 74.3 Å². The highest BCUT2D eigenvalue weighted by molar-refractivity contribution is 5.97. The number of nitrogens with zero attached hydrogens (tertiary/aromatic N) is 2. The molecule has 0 atom stereocenters.